The number of benzene rings is 1. The first-order valence-corrected chi connectivity index (χ1v) is 7.95. The van der Waals surface area contributed by atoms with E-state index in [0.717, 1.165) is 17.5 Å². The number of aryl methyl sites for hydroxylation is 1. The molecule has 0 aliphatic carbocycles. The summed E-state index contributed by atoms with van der Waals surface area (Å²) in [6.07, 6.45) is 1.89. The summed E-state index contributed by atoms with van der Waals surface area (Å²) >= 11 is 1.69. The largest absolute Gasteiger partial charge is 0.380 e. The van der Waals surface area contributed by atoms with Gasteiger partial charge < -0.3 is 15.4 Å². The molecule has 0 spiro atoms. The molecule has 1 aromatic carbocycles. The van der Waals surface area contributed by atoms with Crippen molar-refractivity contribution in [3.63, 3.8) is 0 Å². The van der Waals surface area contributed by atoms with Gasteiger partial charge in [0.1, 0.15) is 5.01 Å². The van der Waals surface area contributed by atoms with Gasteiger partial charge >= 0.3 is 0 Å². The molecule has 2 aromatic rings. The molecule has 1 aromatic heterocycles. The number of rotatable bonds is 6. The Balaban J connectivity index is 1.80. The predicted molar refractivity (Wildman–Crippen MR) is 91.0 cm³/mol. The SMILES string of the molecule is CN=C(NCc1ccc(COC)cc1)NCc1ncc(C)s1. The second-order valence-electron chi connectivity index (χ2n) is 4.89. The van der Waals surface area contributed by atoms with Gasteiger partial charge in [-0.3, -0.25) is 4.99 Å². The topological polar surface area (TPSA) is 58.5 Å². The summed E-state index contributed by atoms with van der Waals surface area (Å²) in [6.45, 7) is 4.11. The van der Waals surface area contributed by atoms with Gasteiger partial charge in [-0.25, -0.2) is 4.98 Å². The molecule has 0 unspecified atom stereocenters. The molecule has 0 atom stereocenters. The molecular formula is C16H22N4OS. The fraction of sp³-hybridized carbons (Fsp3) is 0.375. The number of hydrogen-bond donors (Lipinski definition) is 2. The average molecular weight is 318 g/mol. The Hall–Kier alpha value is -1.92. The predicted octanol–water partition coefficient (Wildman–Crippen LogP) is 2.46. The number of aromatic nitrogens is 1. The van der Waals surface area contributed by atoms with E-state index in [0.29, 0.717) is 13.2 Å². The van der Waals surface area contributed by atoms with Crippen molar-refractivity contribution >= 4 is 17.3 Å². The van der Waals surface area contributed by atoms with E-state index in [9.17, 15) is 0 Å². The standard InChI is InChI=1S/C16H22N4OS/c1-12-8-18-15(22-12)10-20-16(17-2)19-9-13-4-6-14(7-5-13)11-21-3/h4-8H,9-11H2,1-3H3,(H2,17,19,20). The highest BCUT2D eigenvalue weighted by atomic mass is 32.1. The molecule has 118 valence electrons. The van der Waals surface area contributed by atoms with E-state index in [4.69, 9.17) is 4.74 Å². The average Bonchev–Trinajstić information content (AvgIpc) is 2.95. The van der Waals surface area contributed by atoms with Crippen LogP contribution >= 0.6 is 11.3 Å². The number of nitrogens with one attached hydrogen (secondary N) is 2. The Morgan fingerprint density at radius 2 is 1.86 bits per heavy atom. The minimum Gasteiger partial charge on any atom is -0.380 e. The van der Waals surface area contributed by atoms with E-state index in [2.05, 4.69) is 51.8 Å². The number of guanidine groups is 1. The summed E-state index contributed by atoms with van der Waals surface area (Å²) in [6, 6.07) is 8.35. The number of ether oxygens (including phenoxy) is 1. The van der Waals surface area contributed by atoms with Gasteiger partial charge in [-0.15, -0.1) is 11.3 Å². The summed E-state index contributed by atoms with van der Waals surface area (Å²) in [5, 5.41) is 7.63. The van der Waals surface area contributed by atoms with E-state index in [1.54, 1.807) is 25.5 Å². The van der Waals surface area contributed by atoms with E-state index in [1.165, 1.54) is 16.0 Å². The zero-order chi connectivity index (χ0) is 15.8. The van der Waals surface area contributed by atoms with Crippen molar-refractivity contribution in [3.05, 3.63) is 51.5 Å². The first-order chi connectivity index (χ1) is 10.7. The molecule has 5 nitrogen and oxygen atoms in total. The number of nitrogens with zero attached hydrogens (tertiary/aromatic N) is 2. The lowest BCUT2D eigenvalue weighted by Crippen LogP contribution is -2.36. The molecule has 0 radical (unpaired) electrons. The van der Waals surface area contributed by atoms with Crippen LogP contribution in [0.1, 0.15) is 21.0 Å². The van der Waals surface area contributed by atoms with E-state index < -0.39 is 0 Å². The van der Waals surface area contributed by atoms with Crippen molar-refractivity contribution in [2.45, 2.75) is 26.6 Å². The van der Waals surface area contributed by atoms with Gasteiger partial charge in [-0.1, -0.05) is 24.3 Å². The van der Waals surface area contributed by atoms with Crippen LogP contribution in [0.25, 0.3) is 0 Å². The van der Waals surface area contributed by atoms with Crippen molar-refractivity contribution in [2.75, 3.05) is 14.2 Å². The molecule has 1 heterocycles. The second kappa shape index (κ2) is 8.51. The van der Waals surface area contributed by atoms with Crippen LogP contribution in [0.5, 0.6) is 0 Å². The fourth-order valence-corrected chi connectivity index (χ4v) is 2.70. The number of aliphatic imine (C=N–C) groups is 1. The minimum absolute atomic E-state index is 0.643. The molecular weight excluding hydrogens is 296 g/mol. The van der Waals surface area contributed by atoms with E-state index in [1.807, 2.05) is 6.20 Å². The Morgan fingerprint density at radius 1 is 1.18 bits per heavy atom. The normalized spacial score (nSPS) is 11.5. The van der Waals surface area contributed by atoms with Gasteiger partial charge in [0.05, 0.1) is 13.2 Å². The van der Waals surface area contributed by atoms with Gasteiger partial charge in [-0.2, -0.15) is 0 Å². The van der Waals surface area contributed by atoms with Crippen LogP contribution in [0.15, 0.2) is 35.5 Å². The summed E-state index contributed by atoms with van der Waals surface area (Å²) in [5.41, 5.74) is 2.38. The smallest absolute Gasteiger partial charge is 0.191 e. The summed E-state index contributed by atoms with van der Waals surface area (Å²) in [7, 11) is 3.47. The van der Waals surface area contributed by atoms with Crippen LogP contribution in [0.3, 0.4) is 0 Å². The summed E-state index contributed by atoms with van der Waals surface area (Å²) in [4.78, 5) is 9.77. The zero-order valence-corrected chi connectivity index (χ0v) is 14.0. The Morgan fingerprint density at radius 3 is 2.45 bits per heavy atom. The first-order valence-electron chi connectivity index (χ1n) is 7.14. The lowest BCUT2D eigenvalue weighted by Gasteiger charge is -2.11. The number of methoxy groups -OCH3 is 1. The van der Waals surface area contributed by atoms with Crippen molar-refractivity contribution in [3.8, 4) is 0 Å². The Labute approximate surface area is 135 Å². The lowest BCUT2D eigenvalue weighted by atomic mass is 10.1. The van der Waals surface area contributed by atoms with Crippen molar-refractivity contribution < 1.29 is 4.74 Å². The maximum atomic E-state index is 5.11. The molecule has 0 saturated carbocycles. The molecule has 22 heavy (non-hydrogen) atoms. The molecule has 0 aliphatic heterocycles. The lowest BCUT2D eigenvalue weighted by molar-refractivity contribution is 0.185. The highest BCUT2D eigenvalue weighted by Gasteiger charge is 2.02. The molecule has 0 fully saturated rings. The van der Waals surface area contributed by atoms with Crippen LogP contribution in [0.2, 0.25) is 0 Å². The van der Waals surface area contributed by atoms with Crippen molar-refractivity contribution in [1.82, 2.24) is 15.6 Å². The van der Waals surface area contributed by atoms with Crippen LogP contribution in [0.4, 0.5) is 0 Å². The van der Waals surface area contributed by atoms with Crippen LogP contribution in [0, 0.1) is 6.92 Å². The van der Waals surface area contributed by atoms with Gasteiger partial charge in [0.25, 0.3) is 0 Å². The molecule has 0 aliphatic rings. The van der Waals surface area contributed by atoms with Gasteiger partial charge in [0.2, 0.25) is 0 Å². The van der Waals surface area contributed by atoms with Crippen LogP contribution in [-0.2, 0) is 24.4 Å². The third-order valence-electron chi connectivity index (χ3n) is 3.09. The highest BCUT2D eigenvalue weighted by molar-refractivity contribution is 7.11. The van der Waals surface area contributed by atoms with Crippen molar-refractivity contribution in [1.29, 1.82) is 0 Å². The van der Waals surface area contributed by atoms with Gasteiger partial charge in [-0.05, 0) is 18.1 Å². The van der Waals surface area contributed by atoms with Crippen molar-refractivity contribution in [2.24, 2.45) is 4.99 Å². The van der Waals surface area contributed by atoms with E-state index >= 15 is 0 Å². The Bertz CT molecular complexity index is 607. The third-order valence-corrected chi connectivity index (χ3v) is 4.01. The number of hydrogen-bond acceptors (Lipinski definition) is 4. The molecule has 0 bridgehead atoms. The van der Waals surface area contributed by atoms with E-state index in [-0.39, 0.29) is 0 Å². The van der Waals surface area contributed by atoms with Crippen LogP contribution in [-0.4, -0.2) is 25.1 Å². The quantitative estimate of drug-likeness (QED) is 0.634. The Kier molecular flexibility index (Phi) is 6.36. The highest BCUT2D eigenvalue weighted by Crippen LogP contribution is 2.10. The molecule has 2 rings (SSSR count). The number of thiazole rings is 1. The van der Waals surface area contributed by atoms with Gasteiger partial charge in [0, 0.05) is 31.8 Å². The molecule has 0 amide bonds. The third kappa shape index (κ3) is 5.13. The first kappa shape index (κ1) is 16.5. The maximum Gasteiger partial charge on any atom is 0.191 e. The second-order valence-corrected chi connectivity index (χ2v) is 6.21. The maximum absolute atomic E-state index is 5.11. The molecule has 2 N–H and O–H groups in total. The summed E-state index contributed by atoms with van der Waals surface area (Å²) in [5.74, 6) is 0.772. The monoisotopic (exact) mass is 318 g/mol. The molecule has 6 heteroatoms. The molecule has 0 saturated heterocycles. The van der Waals surface area contributed by atoms with Gasteiger partial charge in [0.15, 0.2) is 5.96 Å². The zero-order valence-electron chi connectivity index (χ0n) is 13.2. The van der Waals surface area contributed by atoms with Crippen LogP contribution < -0.4 is 10.6 Å². The fourth-order valence-electron chi connectivity index (χ4n) is 1.97. The summed E-state index contributed by atoms with van der Waals surface area (Å²) < 4.78 is 5.11. The minimum atomic E-state index is 0.643.